The van der Waals surface area contributed by atoms with Crippen molar-refractivity contribution in [3.8, 4) is 17.0 Å². The summed E-state index contributed by atoms with van der Waals surface area (Å²) in [6.45, 7) is 2.78. The molecule has 0 aliphatic carbocycles. The number of nitrogens with zero attached hydrogens (tertiary/aromatic N) is 5. The first-order chi connectivity index (χ1) is 14.2. The van der Waals surface area contributed by atoms with Gasteiger partial charge < -0.3 is 19.5 Å². The number of methoxy groups -OCH3 is 1. The Bertz CT molecular complexity index is 1050. The largest absolute Gasteiger partial charge is 0.496 e. The lowest BCUT2D eigenvalue weighted by molar-refractivity contribution is 0.122. The van der Waals surface area contributed by atoms with Crippen molar-refractivity contribution in [2.45, 2.75) is 6.61 Å². The lowest BCUT2D eigenvalue weighted by Crippen LogP contribution is -2.37. The van der Waals surface area contributed by atoms with Gasteiger partial charge in [-0.3, -0.25) is 4.99 Å². The van der Waals surface area contributed by atoms with E-state index in [4.69, 9.17) is 14.5 Å². The summed E-state index contributed by atoms with van der Waals surface area (Å²) < 4.78 is 10.8. The number of anilines is 1. The molecule has 1 saturated heterocycles. The second-order valence-electron chi connectivity index (χ2n) is 6.64. The van der Waals surface area contributed by atoms with E-state index in [0.717, 1.165) is 35.6 Å². The summed E-state index contributed by atoms with van der Waals surface area (Å²) in [7, 11) is 3.28. The maximum absolute atomic E-state index is 9.62. The minimum Gasteiger partial charge on any atom is -0.496 e. The molecule has 1 aliphatic heterocycles. The van der Waals surface area contributed by atoms with Gasteiger partial charge in [0.05, 0.1) is 44.2 Å². The molecule has 0 unspecified atom stereocenters. The Hall–Kier alpha value is -3.10. The second kappa shape index (κ2) is 8.50. The van der Waals surface area contributed by atoms with Gasteiger partial charge in [0.1, 0.15) is 11.6 Å². The zero-order chi connectivity index (χ0) is 20.2. The summed E-state index contributed by atoms with van der Waals surface area (Å²) >= 11 is 0. The van der Waals surface area contributed by atoms with Gasteiger partial charge in [0.15, 0.2) is 11.5 Å². The molecule has 4 rings (SSSR count). The zero-order valence-electron chi connectivity index (χ0n) is 16.5. The van der Waals surface area contributed by atoms with E-state index < -0.39 is 0 Å². The summed E-state index contributed by atoms with van der Waals surface area (Å²) in [5.41, 5.74) is 2.97. The van der Waals surface area contributed by atoms with E-state index in [1.807, 2.05) is 30.3 Å². The first-order valence-electron chi connectivity index (χ1n) is 9.45. The number of pyridine rings is 1. The molecule has 0 radical (unpaired) electrons. The number of fused-ring (bicyclic) bond motifs is 1. The van der Waals surface area contributed by atoms with Crippen LogP contribution in [-0.4, -0.2) is 66.7 Å². The number of ether oxygens (including phenoxy) is 2. The molecule has 3 heterocycles. The number of aliphatic imine (C=N–C) groups is 1. The summed E-state index contributed by atoms with van der Waals surface area (Å²) in [6.07, 6.45) is 1.63. The van der Waals surface area contributed by atoms with Crippen LogP contribution in [0.25, 0.3) is 22.3 Å². The van der Waals surface area contributed by atoms with Crippen molar-refractivity contribution in [2.24, 2.45) is 4.99 Å². The van der Waals surface area contributed by atoms with Crippen LogP contribution in [0.15, 0.2) is 35.3 Å². The molecule has 1 aliphatic rings. The van der Waals surface area contributed by atoms with E-state index in [-0.39, 0.29) is 6.61 Å². The van der Waals surface area contributed by atoms with Gasteiger partial charge in [-0.05, 0) is 30.3 Å². The molecular weight excluding hydrogens is 370 g/mol. The maximum Gasteiger partial charge on any atom is 0.174 e. The SMILES string of the molecule is CN=Cc1nc(N2CCOCC2)c2ccc(-c3ccc(OC)c(CO)c3)nc2n1. The van der Waals surface area contributed by atoms with Gasteiger partial charge in [0, 0.05) is 31.3 Å². The Morgan fingerprint density at radius 2 is 2.00 bits per heavy atom. The zero-order valence-corrected chi connectivity index (χ0v) is 16.5. The number of aliphatic hydroxyl groups excluding tert-OH is 1. The van der Waals surface area contributed by atoms with Crippen LogP contribution >= 0.6 is 0 Å². The molecule has 3 aromatic rings. The van der Waals surface area contributed by atoms with Gasteiger partial charge in [-0.1, -0.05) is 0 Å². The number of morpholine rings is 1. The molecule has 29 heavy (non-hydrogen) atoms. The summed E-state index contributed by atoms with van der Waals surface area (Å²) in [5.74, 6) is 2.02. The molecule has 0 spiro atoms. The highest BCUT2D eigenvalue weighted by Crippen LogP contribution is 2.29. The highest BCUT2D eigenvalue weighted by molar-refractivity contribution is 5.91. The standard InChI is InChI=1S/C21H23N5O3/c1-22-12-19-24-20-16(21(25-19)26-7-9-29-10-8-26)4-5-17(23-20)14-3-6-18(28-2)15(11-14)13-27/h3-6,11-12,27H,7-10,13H2,1-2H3. The fraction of sp³-hybridized carbons (Fsp3) is 0.333. The van der Waals surface area contributed by atoms with Crippen molar-refractivity contribution in [1.82, 2.24) is 15.0 Å². The van der Waals surface area contributed by atoms with Crippen LogP contribution in [-0.2, 0) is 11.3 Å². The van der Waals surface area contributed by atoms with Crippen LogP contribution < -0.4 is 9.64 Å². The predicted octanol–water partition coefficient (Wildman–Crippen LogP) is 2.08. The Labute approximate surface area is 168 Å². The van der Waals surface area contributed by atoms with Crippen LogP contribution in [0.1, 0.15) is 11.4 Å². The fourth-order valence-electron chi connectivity index (χ4n) is 3.42. The van der Waals surface area contributed by atoms with Crippen molar-refractivity contribution in [1.29, 1.82) is 0 Å². The van der Waals surface area contributed by atoms with E-state index >= 15 is 0 Å². The Morgan fingerprint density at radius 3 is 2.72 bits per heavy atom. The average molecular weight is 393 g/mol. The van der Waals surface area contributed by atoms with Crippen molar-refractivity contribution in [3.05, 3.63) is 41.7 Å². The van der Waals surface area contributed by atoms with E-state index in [9.17, 15) is 5.11 Å². The molecule has 1 fully saturated rings. The first kappa shape index (κ1) is 19.2. The Kier molecular flexibility index (Phi) is 5.64. The molecule has 150 valence electrons. The molecular formula is C21H23N5O3. The van der Waals surface area contributed by atoms with Crippen molar-refractivity contribution in [2.75, 3.05) is 45.4 Å². The molecule has 0 amide bonds. The second-order valence-corrected chi connectivity index (χ2v) is 6.64. The predicted molar refractivity (Wildman–Crippen MR) is 112 cm³/mol. The lowest BCUT2D eigenvalue weighted by atomic mass is 10.1. The highest BCUT2D eigenvalue weighted by atomic mass is 16.5. The number of aliphatic hydroxyl groups is 1. The third-order valence-corrected chi connectivity index (χ3v) is 4.86. The van der Waals surface area contributed by atoms with E-state index in [1.54, 1.807) is 20.4 Å². The Balaban J connectivity index is 1.82. The summed E-state index contributed by atoms with van der Waals surface area (Å²) in [5, 5.41) is 10.5. The number of hydrogen-bond acceptors (Lipinski definition) is 8. The molecule has 8 nitrogen and oxygen atoms in total. The molecule has 8 heteroatoms. The van der Waals surface area contributed by atoms with Crippen molar-refractivity contribution < 1.29 is 14.6 Å². The topological polar surface area (TPSA) is 93.0 Å². The Morgan fingerprint density at radius 1 is 1.17 bits per heavy atom. The minimum atomic E-state index is -0.106. The first-order valence-corrected chi connectivity index (χ1v) is 9.45. The van der Waals surface area contributed by atoms with E-state index in [1.165, 1.54) is 0 Å². The smallest absolute Gasteiger partial charge is 0.174 e. The maximum atomic E-state index is 9.62. The van der Waals surface area contributed by atoms with Gasteiger partial charge >= 0.3 is 0 Å². The van der Waals surface area contributed by atoms with Crippen LogP contribution in [0.4, 0.5) is 5.82 Å². The quantitative estimate of drug-likeness (QED) is 0.664. The van der Waals surface area contributed by atoms with Crippen LogP contribution in [0.5, 0.6) is 5.75 Å². The van der Waals surface area contributed by atoms with Crippen molar-refractivity contribution >= 4 is 23.1 Å². The third kappa shape index (κ3) is 3.90. The number of benzene rings is 1. The number of hydrogen-bond donors (Lipinski definition) is 1. The monoisotopic (exact) mass is 393 g/mol. The van der Waals surface area contributed by atoms with Crippen LogP contribution in [0.3, 0.4) is 0 Å². The van der Waals surface area contributed by atoms with Gasteiger partial charge in [0.25, 0.3) is 0 Å². The minimum absolute atomic E-state index is 0.106. The third-order valence-electron chi connectivity index (χ3n) is 4.86. The molecule has 0 saturated carbocycles. The van der Waals surface area contributed by atoms with Crippen LogP contribution in [0.2, 0.25) is 0 Å². The van der Waals surface area contributed by atoms with E-state index in [0.29, 0.717) is 36.0 Å². The van der Waals surface area contributed by atoms with Crippen molar-refractivity contribution in [3.63, 3.8) is 0 Å². The fourth-order valence-corrected chi connectivity index (χ4v) is 3.42. The molecule has 0 bridgehead atoms. The highest BCUT2D eigenvalue weighted by Gasteiger charge is 2.18. The lowest BCUT2D eigenvalue weighted by Gasteiger charge is -2.28. The number of aromatic nitrogens is 3. The van der Waals surface area contributed by atoms with Gasteiger partial charge in [-0.25, -0.2) is 15.0 Å². The van der Waals surface area contributed by atoms with Gasteiger partial charge in [0.2, 0.25) is 0 Å². The number of rotatable bonds is 5. The molecule has 1 N–H and O–H groups in total. The normalized spacial score (nSPS) is 14.7. The average Bonchev–Trinajstić information content (AvgIpc) is 2.78. The molecule has 0 atom stereocenters. The van der Waals surface area contributed by atoms with Gasteiger partial charge in [-0.2, -0.15) is 0 Å². The van der Waals surface area contributed by atoms with Gasteiger partial charge in [-0.15, -0.1) is 0 Å². The summed E-state index contributed by atoms with van der Waals surface area (Å²) in [6, 6.07) is 9.58. The molecule has 2 aromatic heterocycles. The summed E-state index contributed by atoms with van der Waals surface area (Å²) in [4.78, 5) is 20.3. The van der Waals surface area contributed by atoms with E-state index in [2.05, 4.69) is 19.9 Å². The van der Waals surface area contributed by atoms with Crippen LogP contribution in [0, 0.1) is 0 Å². The molecule has 1 aromatic carbocycles.